The maximum atomic E-state index is 13.7. The third kappa shape index (κ3) is 6.11. The minimum absolute atomic E-state index is 0.00737. The summed E-state index contributed by atoms with van der Waals surface area (Å²) in [7, 11) is 0. The van der Waals surface area contributed by atoms with Crippen LogP contribution in [0.1, 0.15) is 107 Å². The molecule has 2 saturated heterocycles. The fourth-order valence-electron chi connectivity index (χ4n) is 6.39. The second kappa shape index (κ2) is 9.79. The van der Waals surface area contributed by atoms with E-state index in [0.717, 1.165) is 19.4 Å². The molecule has 0 radical (unpaired) electrons. The van der Waals surface area contributed by atoms with Gasteiger partial charge in [0.2, 0.25) is 0 Å². The van der Waals surface area contributed by atoms with Gasteiger partial charge in [-0.3, -0.25) is 14.5 Å². The number of hydrogen-bond acceptors (Lipinski definition) is 5. The average molecular weight is 487 g/mol. The molecule has 0 spiro atoms. The van der Waals surface area contributed by atoms with Crippen LogP contribution in [-0.4, -0.2) is 50.8 Å². The first-order valence-electron chi connectivity index (χ1n) is 13.5. The van der Waals surface area contributed by atoms with Crippen LogP contribution in [0.15, 0.2) is 30.3 Å². The van der Waals surface area contributed by atoms with Crippen molar-refractivity contribution >= 4 is 5.97 Å². The van der Waals surface area contributed by atoms with Crippen LogP contribution in [0.2, 0.25) is 0 Å². The number of esters is 1. The molecule has 2 fully saturated rings. The summed E-state index contributed by atoms with van der Waals surface area (Å²) >= 11 is 0. The van der Waals surface area contributed by atoms with E-state index in [1.807, 2.05) is 20.8 Å². The van der Waals surface area contributed by atoms with Gasteiger partial charge in [0.05, 0.1) is 11.5 Å². The SMILES string of the molecule is C[C@H](c1ccccc1)N1C[C@H](C(C)(C)ON2C(C)(C)CCCC2(C)C)[C@H](C(=O)OC(C)(C)C)[C@H]1C. The van der Waals surface area contributed by atoms with E-state index in [1.165, 1.54) is 12.0 Å². The van der Waals surface area contributed by atoms with Crippen LogP contribution >= 0.6 is 0 Å². The topological polar surface area (TPSA) is 42.0 Å². The Kier molecular flexibility index (Phi) is 7.88. The number of ether oxygens (including phenoxy) is 1. The molecule has 198 valence electrons. The van der Waals surface area contributed by atoms with Gasteiger partial charge >= 0.3 is 5.97 Å². The summed E-state index contributed by atoms with van der Waals surface area (Å²) in [6, 6.07) is 10.8. The van der Waals surface area contributed by atoms with Gasteiger partial charge in [0, 0.05) is 35.6 Å². The Balaban J connectivity index is 1.96. The van der Waals surface area contributed by atoms with Gasteiger partial charge in [0.15, 0.2) is 0 Å². The van der Waals surface area contributed by atoms with Crippen LogP contribution in [-0.2, 0) is 14.4 Å². The maximum Gasteiger partial charge on any atom is 0.311 e. The number of piperidine rings is 1. The fourth-order valence-corrected chi connectivity index (χ4v) is 6.39. The molecule has 5 heteroatoms. The smallest absolute Gasteiger partial charge is 0.311 e. The predicted molar refractivity (Wildman–Crippen MR) is 143 cm³/mol. The molecule has 4 atom stereocenters. The highest BCUT2D eigenvalue weighted by Gasteiger charge is 2.55. The first-order chi connectivity index (χ1) is 16.0. The Morgan fingerprint density at radius 3 is 2.06 bits per heavy atom. The summed E-state index contributed by atoms with van der Waals surface area (Å²) < 4.78 is 5.99. The summed E-state index contributed by atoms with van der Waals surface area (Å²) in [5.74, 6) is -0.398. The molecule has 0 N–H and O–H groups in total. The van der Waals surface area contributed by atoms with Crippen LogP contribution in [0.3, 0.4) is 0 Å². The van der Waals surface area contributed by atoms with Gasteiger partial charge in [0.1, 0.15) is 5.60 Å². The highest BCUT2D eigenvalue weighted by Crippen LogP contribution is 2.47. The molecule has 3 rings (SSSR count). The van der Waals surface area contributed by atoms with Crippen molar-refractivity contribution < 1.29 is 14.4 Å². The zero-order valence-corrected chi connectivity index (χ0v) is 24.1. The lowest BCUT2D eigenvalue weighted by Gasteiger charge is -2.54. The third-order valence-corrected chi connectivity index (χ3v) is 8.24. The van der Waals surface area contributed by atoms with Gasteiger partial charge in [-0.2, -0.15) is 5.06 Å². The molecule has 0 saturated carbocycles. The normalized spacial score (nSPS) is 28.6. The molecule has 0 amide bonds. The number of rotatable bonds is 6. The van der Waals surface area contributed by atoms with Crippen LogP contribution in [0, 0.1) is 11.8 Å². The van der Waals surface area contributed by atoms with Crippen molar-refractivity contribution in [2.45, 2.75) is 130 Å². The summed E-state index contributed by atoms with van der Waals surface area (Å²) in [6.45, 7) is 24.5. The standard InChI is InChI=1S/C30H50N2O3/c1-21(23-16-13-12-14-17-23)31-20-24(25(22(31)2)26(33)34-27(3,4)5)30(10,11)35-32-28(6,7)18-15-19-29(32,8)9/h12-14,16-17,21-22,24-25H,15,18-20H2,1-11H3/t21-,22-,24+,25-/m1/s1. The Morgan fingerprint density at radius 1 is 1.00 bits per heavy atom. The molecule has 2 aliphatic rings. The van der Waals surface area contributed by atoms with E-state index in [-0.39, 0.29) is 41.0 Å². The van der Waals surface area contributed by atoms with E-state index < -0.39 is 11.2 Å². The van der Waals surface area contributed by atoms with Crippen LogP contribution < -0.4 is 0 Å². The van der Waals surface area contributed by atoms with E-state index in [1.54, 1.807) is 0 Å². The van der Waals surface area contributed by atoms with Crippen LogP contribution in [0.25, 0.3) is 0 Å². The number of nitrogens with zero attached hydrogens (tertiary/aromatic N) is 2. The minimum atomic E-state index is -0.549. The molecule has 35 heavy (non-hydrogen) atoms. The Hall–Kier alpha value is -1.43. The van der Waals surface area contributed by atoms with E-state index in [0.29, 0.717) is 0 Å². The summed E-state index contributed by atoms with van der Waals surface area (Å²) in [5.41, 5.74) is 0.0534. The van der Waals surface area contributed by atoms with E-state index >= 15 is 0 Å². The monoisotopic (exact) mass is 486 g/mol. The molecule has 0 bridgehead atoms. The third-order valence-electron chi connectivity index (χ3n) is 8.24. The van der Waals surface area contributed by atoms with Crippen LogP contribution in [0.4, 0.5) is 0 Å². The second-order valence-corrected chi connectivity index (χ2v) is 13.7. The number of hydrogen-bond donors (Lipinski definition) is 0. The van der Waals surface area contributed by atoms with Crippen molar-refractivity contribution in [2.24, 2.45) is 11.8 Å². The van der Waals surface area contributed by atoms with Gasteiger partial charge in [-0.15, -0.1) is 0 Å². The molecule has 0 aliphatic carbocycles. The van der Waals surface area contributed by atoms with Gasteiger partial charge < -0.3 is 4.74 Å². The zero-order chi connectivity index (χ0) is 26.4. The highest BCUT2D eigenvalue weighted by molar-refractivity contribution is 5.75. The first kappa shape index (κ1) is 28.1. The Bertz CT molecular complexity index is 855. The lowest BCUT2D eigenvalue weighted by molar-refractivity contribution is -0.340. The molecule has 1 aromatic carbocycles. The molecule has 2 aliphatic heterocycles. The van der Waals surface area contributed by atoms with E-state index in [2.05, 4.69) is 95.7 Å². The molecule has 1 aromatic rings. The number of carbonyl (C=O) groups is 1. The minimum Gasteiger partial charge on any atom is -0.460 e. The number of likely N-dealkylation sites (tertiary alicyclic amines) is 1. The maximum absolute atomic E-state index is 13.7. The molecular weight excluding hydrogens is 436 g/mol. The summed E-state index contributed by atoms with van der Waals surface area (Å²) in [5, 5.41) is 2.24. The molecule has 0 aromatic heterocycles. The van der Waals surface area contributed by atoms with E-state index in [4.69, 9.17) is 9.57 Å². The van der Waals surface area contributed by atoms with Gasteiger partial charge in [-0.1, -0.05) is 30.3 Å². The van der Waals surface area contributed by atoms with Gasteiger partial charge in [-0.05, 0) is 101 Å². The fraction of sp³-hybridized carbons (Fsp3) is 0.767. The zero-order valence-electron chi connectivity index (χ0n) is 24.1. The lowest BCUT2D eigenvalue weighted by Crippen LogP contribution is -2.62. The van der Waals surface area contributed by atoms with Crippen molar-refractivity contribution in [3.05, 3.63) is 35.9 Å². The van der Waals surface area contributed by atoms with Crippen molar-refractivity contribution in [1.82, 2.24) is 9.96 Å². The highest BCUT2D eigenvalue weighted by atomic mass is 16.7. The average Bonchev–Trinajstić information content (AvgIpc) is 3.08. The first-order valence-corrected chi connectivity index (χ1v) is 13.5. The molecule has 5 nitrogen and oxygen atoms in total. The number of hydroxylamine groups is 2. The quantitative estimate of drug-likeness (QED) is 0.415. The summed E-state index contributed by atoms with van der Waals surface area (Å²) in [4.78, 5) is 23.1. The number of benzene rings is 1. The Morgan fingerprint density at radius 2 is 1.54 bits per heavy atom. The molecular formula is C30H50N2O3. The molecule has 2 heterocycles. The second-order valence-electron chi connectivity index (χ2n) is 13.7. The largest absolute Gasteiger partial charge is 0.460 e. The van der Waals surface area contributed by atoms with Crippen molar-refractivity contribution in [3.8, 4) is 0 Å². The molecule has 0 unspecified atom stereocenters. The lowest BCUT2D eigenvalue weighted by atomic mass is 9.79. The summed E-state index contributed by atoms with van der Waals surface area (Å²) in [6.07, 6.45) is 3.39. The van der Waals surface area contributed by atoms with Crippen LogP contribution in [0.5, 0.6) is 0 Å². The Labute approximate surface area is 214 Å². The predicted octanol–water partition coefficient (Wildman–Crippen LogP) is 6.78. The number of carbonyl (C=O) groups excluding carboxylic acids is 1. The van der Waals surface area contributed by atoms with Gasteiger partial charge in [0.25, 0.3) is 0 Å². The van der Waals surface area contributed by atoms with E-state index in [9.17, 15) is 4.79 Å². The van der Waals surface area contributed by atoms with Crippen molar-refractivity contribution in [3.63, 3.8) is 0 Å². The van der Waals surface area contributed by atoms with Crippen molar-refractivity contribution in [1.29, 1.82) is 0 Å². The van der Waals surface area contributed by atoms with Crippen molar-refractivity contribution in [2.75, 3.05) is 6.54 Å². The van der Waals surface area contributed by atoms with Gasteiger partial charge in [-0.25, -0.2) is 0 Å².